The zero-order valence-electron chi connectivity index (χ0n) is 9.79. The molecule has 2 rings (SSSR count). The number of nitrogens with zero attached hydrogens (tertiary/aromatic N) is 1. The van der Waals surface area contributed by atoms with Gasteiger partial charge in [-0.2, -0.15) is 0 Å². The van der Waals surface area contributed by atoms with Gasteiger partial charge in [-0.1, -0.05) is 20.8 Å². The van der Waals surface area contributed by atoms with E-state index in [-0.39, 0.29) is 0 Å². The van der Waals surface area contributed by atoms with Crippen LogP contribution < -0.4 is 5.32 Å². The Morgan fingerprint density at radius 3 is 2.21 bits per heavy atom. The number of likely N-dealkylation sites (tertiary alicyclic amines) is 1. The van der Waals surface area contributed by atoms with Crippen molar-refractivity contribution in [2.75, 3.05) is 26.2 Å². The first-order chi connectivity index (χ1) is 6.66. The molecule has 2 fully saturated rings. The smallest absolute Gasteiger partial charge is 0.0223 e. The van der Waals surface area contributed by atoms with E-state index in [0.29, 0.717) is 0 Å². The molecule has 2 nitrogen and oxygen atoms in total. The molecule has 2 heteroatoms. The molecule has 0 aromatic rings. The van der Waals surface area contributed by atoms with Gasteiger partial charge in [0.05, 0.1) is 0 Å². The molecule has 0 aliphatic carbocycles. The van der Waals surface area contributed by atoms with Crippen LogP contribution in [-0.2, 0) is 0 Å². The van der Waals surface area contributed by atoms with Crippen LogP contribution in [0.15, 0.2) is 0 Å². The first-order valence-corrected chi connectivity index (χ1v) is 6.11. The van der Waals surface area contributed by atoms with E-state index in [4.69, 9.17) is 0 Å². The lowest BCUT2D eigenvalue weighted by molar-refractivity contribution is 0.169. The zero-order valence-corrected chi connectivity index (χ0v) is 9.79. The summed E-state index contributed by atoms with van der Waals surface area (Å²) in [6, 6.07) is 0.811. The number of hydrogen-bond acceptors (Lipinski definition) is 2. The van der Waals surface area contributed by atoms with E-state index >= 15 is 0 Å². The van der Waals surface area contributed by atoms with Crippen molar-refractivity contribution in [2.24, 2.45) is 17.8 Å². The first kappa shape index (κ1) is 10.4. The van der Waals surface area contributed by atoms with Crippen LogP contribution in [0.3, 0.4) is 0 Å². The SMILES string of the molecule is CC1CNCC(N2CC(C)C(C)C2)C1. The van der Waals surface area contributed by atoms with Crippen LogP contribution in [0.4, 0.5) is 0 Å². The lowest BCUT2D eigenvalue weighted by Gasteiger charge is -2.34. The standard InChI is InChI=1S/C12H24N2/c1-9-4-12(6-13-5-9)14-7-10(2)11(3)8-14/h9-13H,4-8H2,1-3H3. The summed E-state index contributed by atoms with van der Waals surface area (Å²) in [5.41, 5.74) is 0. The molecule has 14 heavy (non-hydrogen) atoms. The molecule has 0 aromatic heterocycles. The number of rotatable bonds is 1. The van der Waals surface area contributed by atoms with Gasteiger partial charge in [0.25, 0.3) is 0 Å². The fraction of sp³-hybridized carbons (Fsp3) is 1.00. The fourth-order valence-electron chi connectivity index (χ4n) is 2.88. The number of hydrogen-bond donors (Lipinski definition) is 1. The van der Waals surface area contributed by atoms with E-state index in [9.17, 15) is 0 Å². The minimum absolute atomic E-state index is 0.811. The number of piperidine rings is 1. The lowest BCUT2D eigenvalue weighted by atomic mass is 9.97. The highest BCUT2D eigenvalue weighted by Crippen LogP contribution is 2.26. The molecule has 0 radical (unpaired) electrons. The van der Waals surface area contributed by atoms with Crippen molar-refractivity contribution in [1.82, 2.24) is 10.2 Å². The van der Waals surface area contributed by atoms with Crippen LogP contribution >= 0.6 is 0 Å². The summed E-state index contributed by atoms with van der Waals surface area (Å²) in [6.45, 7) is 12.2. The molecule has 2 aliphatic heterocycles. The topological polar surface area (TPSA) is 15.3 Å². The molecule has 0 aromatic carbocycles. The van der Waals surface area contributed by atoms with Gasteiger partial charge in [-0.25, -0.2) is 0 Å². The molecule has 4 atom stereocenters. The third-order valence-electron chi connectivity index (χ3n) is 4.08. The normalized spacial score (nSPS) is 45.6. The molecule has 0 spiro atoms. The van der Waals surface area contributed by atoms with Crippen LogP contribution in [-0.4, -0.2) is 37.1 Å². The summed E-state index contributed by atoms with van der Waals surface area (Å²) < 4.78 is 0. The molecule has 0 amide bonds. The lowest BCUT2D eigenvalue weighted by Crippen LogP contribution is -2.47. The summed E-state index contributed by atoms with van der Waals surface area (Å²) in [7, 11) is 0. The summed E-state index contributed by atoms with van der Waals surface area (Å²) in [6.07, 6.45) is 1.40. The number of nitrogens with one attached hydrogen (secondary N) is 1. The maximum Gasteiger partial charge on any atom is 0.0223 e. The molecule has 1 N–H and O–H groups in total. The summed E-state index contributed by atoms with van der Waals surface area (Å²) in [5.74, 6) is 2.65. The van der Waals surface area contributed by atoms with E-state index in [0.717, 1.165) is 23.8 Å². The summed E-state index contributed by atoms with van der Waals surface area (Å²) >= 11 is 0. The second-order valence-electron chi connectivity index (χ2n) is 5.56. The molecule has 4 unspecified atom stereocenters. The Morgan fingerprint density at radius 2 is 1.64 bits per heavy atom. The van der Waals surface area contributed by atoms with E-state index in [2.05, 4.69) is 31.0 Å². The van der Waals surface area contributed by atoms with Gasteiger partial charge in [0.1, 0.15) is 0 Å². The van der Waals surface area contributed by atoms with Gasteiger partial charge >= 0.3 is 0 Å². The highest BCUT2D eigenvalue weighted by Gasteiger charge is 2.32. The van der Waals surface area contributed by atoms with Crippen molar-refractivity contribution in [3.05, 3.63) is 0 Å². The van der Waals surface area contributed by atoms with E-state index in [1.165, 1.54) is 32.6 Å². The van der Waals surface area contributed by atoms with Gasteiger partial charge in [-0.15, -0.1) is 0 Å². The van der Waals surface area contributed by atoms with Crippen LogP contribution in [0.25, 0.3) is 0 Å². The second-order valence-corrected chi connectivity index (χ2v) is 5.56. The molecule has 2 saturated heterocycles. The van der Waals surface area contributed by atoms with Gasteiger partial charge in [-0.05, 0) is 30.7 Å². The zero-order chi connectivity index (χ0) is 10.1. The molecule has 0 bridgehead atoms. The van der Waals surface area contributed by atoms with Crippen molar-refractivity contribution >= 4 is 0 Å². The maximum atomic E-state index is 3.55. The van der Waals surface area contributed by atoms with Crippen LogP contribution in [0.1, 0.15) is 27.2 Å². The summed E-state index contributed by atoms with van der Waals surface area (Å²) in [5, 5.41) is 3.55. The van der Waals surface area contributed by atoms with E-state index in [1.54, 1.807) is 0 Å². The average Bonchev–Trinajstić information content (AvgIpc) is 2.47. The van der Waals surface area contributed by atoms with Gasteiger partial charge in [0, 0.05) is 25.7 Å². The minimum Gasteiger partial charge on any atom is -0.315 e. The predicted molar refractivity (Wildman–Crippen MR) is 60.3 cm³/mol. The molecular formula is C12H24N2. The van der Waals surface area contributed by atoms with Crippen molar-refractivity contribution in [2.45, 2.75) is 33.2 Å². The molecule has 2 heterocycles. The quantitative estimate of drug-likeness (QED) is 0.685. The van der Waals surface area contributed by atoms with E-state index < -0.39 is 0 Å². The van der Waals surface area contributed by atoms with Gasteiger partial charge in [0.15, 0.2) is 0 Å². The van der Waals surface area contributed by atoms with Gasteiger partial charge in [0.2, 0.25) is 0 Å². The Hall–Kier alpha value is -0.0800. The van der Waals surface area contributed by atoms with Crippen molar-refractivity contribution in [3.8, 4) is 0 Å². The van der Waals surface area contributed by atoms with Crippen molar-refractivity contribution < 1.29 is 0 Å². The van der Waals surface area contributed by atoms with Crippen molar-refractivity contribution in [3.63, 3.8) is 0 Å². The van der Waals surface area contributed by atoms with Crippen LogP contribution in [0.5, 0.6) is 0 Å². The minimum atomic E-state index is 0.811. The Balaban J connectivity index is 1.89. The van der Waals surface area contributed by atoms with Crippen molar-refractivity contribution in [1.29, 1.82) is 0 Å². The molecule has 0 saturated carbocycles. The summed E-state index contributed by atoms with van der Waals surface area (Å²) in [4.78, 5) is 2.71. The molecular weight excluding hydrogens is 172 g/mol. The monoisotopic (exact) mass is 196 g/mol. The second kappa shape index (κ2) is 4.19. The third kappa shape index (κ3) is 2.12. The van der Waals surface area contributed by atoms with Crippen LogP contribution in [0.2, 0.25) is 0 Å². The highest BCUT2D eigenvalue weighted by molar-refractivity contribution is 4.88. The van der Waals surface area contributed by atoms with Gasteiger partial charge < -0.3 is 5.32 Å². The highest BCUT2D eigenvalue weighted by atomic mass is 15.2. The van der Waals surface area contributed by atoms with E-state index in [1.807, 2.05) is 0 Å². The Bertz CT molecular complexity index is 180. The Labute approximate surface area is 88.1 Å². The predicted octanol–water partition coefficient (Wildman–Crippen LogP) is 1.57. The molecule has 2 aliphatic rings. The Kier molecular flexibility index (Phi) is 3.13. The molecule has 82 valence electrons. The first-order valence-electron chi connectivity index (χ1n) is 6.11. The third-order valence-corrected chi connectivity index (χ3v) is 4.08. The van der Waals surface area contributed by atoms with Crippen LogP contribution in [0, 0.1) is 17.8 Å². The largest absolute Gasteiger partial charge is 0.315 e. The average molecular weight is 196 g/mol. The Morgan fingerprint density at radius 1 is 1.00 bits per heavy atom. The maximum absolute atomic E-state index is 3.55. The fourth-order valence-corrected chi connectivity index (χ4v) is 2.88. The van der Waals surface area contributed by atoms with Gasteiger partial charge in [-0.3, -0.25) is 4.90 Å².